The number of fused-ring (bicyclic) bond motifs is 3. The summed E-state index contributed by atoms with van der Waals surface area (Å²) in [6.07, 6.45) is 0.234. The van der Waals surface area contributed by atoms with Gasteiger partial charge in [0, 0.05) is 52.7 Å². The summed E-state index contributed by atoms with van der Waals surface area (Å²) in [6, 6.07) is 23.9. The van der Waals surface area contributed by atoms with Crippen LogP contribution in [0.3, 0.4) is 0 Å². The molecule has 2 amide bonds. The number of anilines is 2. The quantitative estimate of drug-likeness (QED) is 0.537. The molecule has 1 unspecified atom stereocenters. The number of nitrogens with zero attached hydrogens (tertiary/aromatic N) is 2. The number of aromatic nitrogens is 1. The van der Waals surface area contributed by atoms with Crippen molar-refractivity contribution in [3.05, 3.63) is 72.8 Å². The van der Waals surface area contributed by atoms with Gasteiger partial charge in [-0.3, -0.25) is 9.59 Å². The molecule has 5 heteroatoms. The van der Waals surface area contributed by atoms with E-state index >= 15 is 0 Å². The maximum Gasteiger partial charge on any atom is 0.229 e. The lowest BCUT2D eigenvalue weighted by Gasteiger charge is -2.16. The molecule has 1 N–H and O–H groups in total. The maximum absolute atomic E-state index is 12.9. The number of hydrogen-bond acceptors (Lipinski definition) is 2. The number of para-hydroxylation sites is 2. The molecule has 150 valence electrons. The van der Waals surface area contributed by atoms with E-state index in [-0.39, 0.29) is 24.2 Å². The van der Waals surface area contributed by atoms with Gasteiger partial charge in [-0.1, -0.05) is 36.4 Å². The smallest absolute Gasteiger partial charge is 0.229 e. The lowest BCUT2D eigenvalue weighted by atomic mass is 10.1. The fraction of sp³-hybridized carbons (Fsp3) is 0.200. The molecule has 3 aromatic carbocycles. The van der Waals surface area contributed by atoms with Crippen molar-refractivity contribution in [1.29, 1.82) is 0 Å². The van der Waals surface area contributed by atoms with E-state index in [1.165, 1.54) is 10.9 Å². The highest BCUT2D eigenvalue weighted by Gasteiger charge is 2.35. The van der Waals surface area contributed by atoms with Gasteiger partial charge in [0.2, 0.25) is 11.8 Å². The third-order valence-electron chi connectivity index (χ3n) is 5.92. The topological polar surface area (TPSA) is 54.3 Å². The summed E-state index contributed by atoms with van der Waals surface area (Å²) in [5.74, 6) is -0.478. The van der Waals surface area contributed by atoms with Crippen LogP contribution >= 0.6 is 0 Å². The highest BCUT2D eigenvalue weighted by Crippen LogP contribution is 2.32. The van der Waals surface area contributed by atoms with Crippen LogP contribution in [-0.2, 0) is 16.1 Å². The van der Waals surface area contributed by atoms with Gasteiger partial charge in [0.05, 0.1) is 5.92 Å². The Morgan fingerprint density at radius 3 is 2.50 bits per heavy atom. The molecule has 1 fully saturated rings. The molecule has 2 heterocycles. The van der Waals surface area contributed by atoms with Crippen molar-refractivity contribution in [3.8, 4) is 0 Å². The number of benzene rings is 3. The molecule has 1 atom stereocenters. The zero-order valence-corrected chi connectivity index (χ0v) is 16.8. The van der Waals surface area contributed by atoms with Crippen LogP contribution in [0.15, 0.2) is 72.8 Å². The zero-order chi connectivity index (χ0) is 20.7. The molecule has 1 aliphatic rings. The summed E-state index contributed by atoms with van der Waals surface area (Å²) in [4.78, 5) is 27.0. The van der Waals surface area contributed by atoms with Crippen molar-refractivity contribution in [3.63, 3.8) is 0 Å². The number of hydrogen-bond donors (Lipinski definition) is 1. The minimum Gasteiger partial charge on any atom is -0.341 e. The Kier molecular flexibility index (Phi) is 4.51. The molecule has 1 aromatic heterocycles. The van der Waals surface area contributed by atoms with Crippen molar-refractivity contribution in [2.45, 2.75) is 19.9 Å². The summed E-state index contributed by atoms with van der Waals surface area (Å²) in [6.45, 7) is 3.43. The molecule has 5 rings (SSSR count). The fourth-order valence-electron chi connectivity index (χ4n) is 4.46. The van der Waals surface area contributed by atoms with Crippen molar-refractivity contribution in [1.82, 2.24) is 4.57 Å². The molecule has 1 aliphatic heterocycles. The average molecular weight is 397 g/mol. The second-order valence-corrected chi connectivity index (χ2v) is 7.72. The molecular weight excluding hydrogens is 374 g/mol. The molecule has 30 heavy (non-hydrogen) atoms. The molecule has 0 saturated carbocycles. The van der Waals surface area contributed by atoms with Crippen LogP contribution < -0.4 is 10.2 Å². The molecular formula is C25H23N3O2. The van der Waals surface area contributed by atoms with Gasteiger partial charge in [-0.2, -0.15) is 0 Å². The van der Waals surface area contributed by atoms with E-state index < -0.39 is 0 Å². The van der Waals surface area contributed by atoms with Gasteiger partial charge in [-0.05, 0) is 43.3 Å². The van der Waals surface area contributed by atoms with E-state index in [4.69, 9.17) is 0 Å². The minimum atomic E-state index is -0.356. The standard InChI is InChI=1S/C25H23N3O2/c1-2-27-22-11-7-6-10-20(22)21-15-18(12-13-23(21)27)26-25(30)17-14-24(29)28(16-17)19-8-4-3-5-9-19/h3-13,15,17H,2,14,16H2,1H3,(H,26,30). The van der Waals surface area contributed by atoms with E-state index in [0.717, 1.165) is 28.8 Å². The predicted molar refractivity (Wildman–Crippen MR) is 121 cm³/mol. The Labute approximate surface area is 174 Å². The SMILES string of the molecule is CCn1c2ccccc2c2cc(NC(=O)C3CC(=O)N(c4ccccc4)C3)ccc21. The second-order valence-electron chi connectivity index (χ2n) is 7.72. The molecule has 0 radical (unpaired) electrons. The molecule has 0 aliphatic carbocycles. The number of rotatable bonds is 4. The molecule has 0 bridgehead atoms. The lowest BCUT2D eigenvalue weighted by molar-refractivity contribution is -0.122. The minimum absolute atomic E-state index is 0.0113. The third kappa shape index (κ3) is 3.03. The van der Waals surface area contributed by atoms with Gasteiger partial charge in [0.15, 0.2) is 0 Å². The number of amides is 2. The molecule has 4 aromatic rings. The highest BCUT2D eigenvalue weighted by molar-refractivity contribution is 6.10. The van der Waals surface area contributed by atoms with Crippen molar-refractivity contribution >= 4 is 45.0 Å². The van der Waals surface area contributed by atoms with E-state index in [1.807, 2.05) is 54.6 Å². The summed E-state index contributed by atoms with van der Waals surface area (Å²) in [5, 5.41) is 5.33. The van der Waals surface area contributed by atoms with Gasteiger partial charge < -0.3 is 14.8 Å². The first-order valence-electron chi connectivity index (χ1n) is 10.3. The third-order valence-corrected chi connectivity index (χ3v) is 5.92. The Hall–Kier alpha value is -3.60. The van der Waals surface area contributed by atoms with Crippen LogP contribution in [-0.4, -0.2) is 22.9 Å². The predicted octanol–water partition coefficient (Wildman–Crippen LogP) is 4.81. The zero-order valence-electron chi connectivity index (χ0n) is 16.8. The van der Waals surface area contributed by atoms with Gasteiger partial charge in [-0.25, -0.2) is 0 Å². The largest absolute Gasteiger partial charge is 0.341 e. The van der Waals surface area contributed by atoms with Gasteiger partial charge >= 0.3 is 0 Å². The van der Waals surface area contributed by atoms with Crippen LogP contribution in [0, 0.1) is 5.92 Å². The average Bonchev–Trinajstić information content (AvgIpc) is 3.32. The number of aryl methyl sites for hydroxylation is 1. The number of carbonyl (C=O) groups is 2. The van der Waals surface area contributed by atoms with Crippen LogP contribution in [0.25, 0.3) is 21.8 Å². The number of nitrogens with one attached hydrogen (secondary N) is 1. The second kappa shape index (κ2) is 7.34. The van der Waals surface area contributed by atoms with Gasteiger partial charge in [-0.15, -0.1) is 0 Å². The van der Waals surface area contributed by atoms with E-state index in [1.54, 1.807) is 4.90 Å². The molecule has 0 spiro atoms. The number of carbonyl (C=O) groups excluding carboxylic acids is 2. The lowest BCUT2D eigenvalue weighted by Crippen LogP contribution is -2.28. The van der Waals surface area contributed by atoms with Crippen LogP contribution in [0.1, 0.15) is 13.3 Å². The molecule has 1 saturated heterocycles. The first-order valence-corrected chi connectivity index (χ1v) is 10.3. The Morgan fingerprint density at radius 1 is 0.967 bits per heavy atom. The van der Waals surface area contributed by atoms with Crippen LogP contribution in [0.5, 0.6) is 0 Å². The highest BCUT2D eigenvalue weighted by atomic mass is 16.2. The monoisotopic (exact) mass is 397 g/mol. The summed E-state index contributed by atoms with van der Waals surface area (Å²) < 4.78 is 2.28. The summed E-state index contributed by atoms with van der Waals surface area (Å²) in [5.41, 5.74) is 3.95. The first kappa shape index (κ1) is 18.4. The fourth-order valence-corrected chi connectivity index (χ4v) is 4.46. The summed E-state index contributed by atoms with van der Waals surface area (Å²) in [7, 11) is 0. The van der Waals surface area contributed by atoms with Gasteiger partial charge in [0.25, 0.3) is 0 Å². The van der Waals surface area contributed by atoms with Crippen molar-refractivity contribution in [2.24, 2.45) is 5.92 Å². The normalized spacial score (nSPS) is 16.5. The maximum atomic E-state index is 12.9. The Morgan fingerprint density at radius 2 is 1.70 bits per heavy atom. The van der Waals surface area contributed by atoms with E-state index in [2.05, 4.69) is 35.0 Å². The first-order chi connectivity index (χ1) is 14.7. The Balaban J connectivity index is 1.40. The van der Waals surface area contributed by atoms with E-state index in [9.17, 15) is 9.59 Å². The van der Waals surface area contributed by atoms with Crippen molar-refractivity contribution < 1.29 is 9.59 Å². The van der Waals surface area contributed by atoms with Crippen molar-refractivity contribution in [2.75, 3.05) is 16.8 Å². The van der Waals surface area contributed by atoms with Crippen LogP contribution in [0.4, 0.5) is 11.4 Å². The molecule has 5 nitrogen and oxygen atoms in total. The van der Waals surface area contributed by atoms with Crippen LogP contribution in [0.2, 0.25) is 0 Å². The van der Waals surface area contributed by atoms with E-state index in [0.29, 0.717) is 6.54 Å². The van der Waals surface area contributed by atoms with Gasteiger partial charge in [0.1, 0.15) is 0 Å². The summed E-state index contributed by atoms with van der Waals surface area (Å²) >= 11 is 0. The Bertz CT molecular complexity index is 1260.